The summed E-state index contributed by atoms with van der Waals surface area (Å²) in [6.07, 6.45) is 0. The highest BCUT2D eigenvalue weighted by atomic mass is 28.3. The van der Waals surface area contributed by atoms with Crippen LogP contribution in [0.15, 0.2) is 0 Å². The zero-order chi connectivity index (χ0) is 7.15. The minimum absolute atomic E-state index is 0. The van der Waals surface area contributed by atoms with Crippen LogP contribution in [-0.2, 0) is 8.92 Å². The zero-order valence-electron chi connectivity index (χ0n) is 3.61. The van der Waals surface area contributed by atoms with Crippen molar-refractivity contribution in [3.05, 3.63) is 0 Å². The van der Waals surface area contributed by atoms with Crippen LogP contribution < -0.4 is 0 Å². The first kappa shape index (κ1) is 15.9. The van der Waals surface area contributed by atoms with Crippen LogP contribution in [0.3, 0.4) is 0 Å². The van der Waals surface area contributed by atoms with Crippen molar-refractivity contribution < 1.29 is 28.1 Å². The average molecular weight is 186 g/mol. The van der Waals surface area contributed by atoms with Gasteiger partial charge in [0.2, 0.25) is 0 Å². The van der Waals surface area contributed by atoms with E-state index in [0.717, 1.165) is 0 Å². The van der Waals surface area contributed by atoms with Gasteiger partial charge >= 0.3 is 18.3 Å². The van der Waals surface area contributed by atoms with Crippen LogP contribution >= 0.6 is 0 Å². The minimum atomic E-state index is -3.13. The molecule has 0 aliphatic carbocycles. The number of hydrogen-bond donors (Lipinski definition) is 4. The van der Waals surface area contributed by atoms with E-state index in [9.17, 15) is 0 Å². The van der Waals surface area contributed by atoms with E-state index >= 15 is 0 Å². The molecule has 54 valence electrons. The monoisotopic (exact) mass is 186 g/mol. The molecule has 4 N–H and O–H groups in total. The van der Waals surface area contributed by atoms with Gasteiger partial charge in [0.05, 0.1) is 0 Å². The van der Waals surface area contributed by atoms with E-state index in [-0.39, 0.29) is 17.4 Å². The van der Waals surface area contributed by atoms with Crippen molar-refractivity contribution in [2.24, 2.45) is 0 Å². The Morgan fingerprint density at radius 2 is 0.778 bits per heavy atom. The normalized spacial score (nSPS) is 5.33. The number of rotatable bonds is 0. The Balaban J connectivity index is -0.0000000720. The Morgan fingerprint density at radius 1 is 0.778 bits per heavy atom. The van der Waals surface area contributed by atoms with Crippen LogP contribution in [0.2, 0.25) is 0 Å². The van der Waals surface area contributed by atoms with Gasteiger partial charge in [0, 0.05) is 0 Å². The van der Waals surface area contributed by atoms with Gasteiger partial charge < -0.3 is 19.2 Å². The van der Waals surface area contributed by atoms with Crippen LogP contribution in [0.1, 0.15) is 0 Å². The highest BCUT2D eigenvalue weighted by Gasteiger charge is 1.85. The fourth-order valence-corrected chi connectivity index (χ4v) is 0. The molecule has 0 aliphatic heterocycles. The van der Waals surface area contributed by atoms with Gasteiger partial charge in [0.1, 0.15) is 0 Å². The first-order valence-corrected chi connectivity index (χ1v) is 3.91. The molecule has 0 aromatic heterocycles. The zero-order valence-corrected chi connectivity index (χ0v) is 5.61. The van der Waals surface area contributed by atoms with Crippen molar-refractivity contribution in [3.63, 3.8) is 0 Å². The van der Waals surface area contributed by atoms with Crippen LogP contribution in [0.5, 0.6) is 0 Å². The summed E-state index contributed by atoms with van der Waals surface area (Å²) in [6, 6.07) is 0. The van der Waals surface area contributed by atoms with E-state index < -0.39 is 18.3 Å². The van der Waals surface area contributed by atoms with Gasteiger partial charge in [-0.1, -0.05) is 0 Å². The molecule has 9 heteroatoms. The quantitative estimate of drug-likeness (QED) is 0.284. The second-order valence-corrected chi connectivity index (χ2v) is 1.70. The Kier molecular flexibility index (Phi) is 18.9. The lowest BCUT2D eigenvalue weighted by Gasteiger charge is -1.55. The van der Waals surface area contributed by atoms with Crippen molar-refractivity contribution in [2.75, 3.05) is 0 Å². The van der Waals surface area contributed by atoms with Gasteiger partial charge in [-0.05, 0) is 0 Å². The topological polar surface area (TPSA) is 115 Å². The molecule has 0 rings (SSSR count). The van der Waals surface area contributed by atoms with Gasteiger partial charge in [0.15, 0.2) is 17.4 Å². The molecule has 0 heterocycles. The summed E-state index contributed by atoms with van der Waals surface area (Å²) in [7, 11) is -6.26. The van der Waals surface area contributed by atoms with Crippen LogP contribution in [0.4, 0.5) is 0 Å². The van der Waals surface area contributed by atoms with Gasteiger partial charge in [0.25, 0.3) is 0 Å². The molecule has 0 aliphatic rings. The summed E-state index contributed by atoms with van der Waals surface area (Å²) >= 11 is 0. The Bertz CT molecular complexity index is 69.1. The van der Waals surface area contributed by atoms with Gasteiger partial charge in [-0.15, -0.1) is 0 Å². The van der Waals surface area contributed by atoms with E-state index in [0.29, 0.717) is 0 Å². The Morgan fingerprint density at radius 3 is 0.778 bits per heavy atom. The third kappa shape index (κ3) is 4730. The molecular weight excluding hydrogens is 179 g/mol. The van der Waals surface area contributed by atoms with Gasteiger partial charge in [-0.3, -0.25) is 8.92 Å². The van der Waals surface area contributed by atoms with Crippen molar-refractivity contribution in [3.8, 4) is 0 Å². The molecule has 0 fully saturated rings. The highest BCUT2D eigenvalue weighted by Crippen LogP contribution is 1.27. The molecule has 0 radical (unpaired) electrons. The number of hydrogen-bond acceptors (Lipinski definition) is 2. The first-order chi connectivity index (χ1) is 3.46. The summed E-state index contributed by atoms with van der Waals surface area (Å²) in [6.45, 7) is 0. The lowest BCUT2D eigenvalue weighted by Crippen LogP contribution is -1.90. The van der Waals surface area contributed by atoms with Crippen molar-refractivity contribution >= 4 is 35.7 Å². The standard InChI is InChI=1S/Al.2H2O3Si.3H/c;2*1-4(2)3;;;/h;2*1-2H;;;. The van der Waals surface area contributed by atoms with E-state index in [1.807, 2.05) is 0 Å². The molecule has 0 saturated heterocycles. The van der Waals surface area contributed by atoms with Crippen molar-refractivity contribution in [2.45, 2.75) is 0 Å². The highest BCUT2D eigenvalue weighted by molar-refractivity contribution is 6.22. The third-order valence-electron chi connectivity index (χ3n) is 0. The molecular formula is H7AlO6Si2. The molecule has 0 saturated carbocycles. The van der Waals surface area contributed by atoms with Crippen LogP contribution in [0, 0.1) is 0 Å². The smallest absolute Gasteiger partial charge is 0.511 e. The Labute approximate surface area is 64.3 Å². The maximum atomic E-state index is 8.74. The third-order valence-corrected chi connectivity index (χ3v) is 0. The minimum Gasteiger partial charge on any atom is -0.511 e. The lowest BCUT2D eigenvalue weighted by molar-refractivity contribution is 0.328. The molecule has 0 aromatic carbocycles. The molecule has 0 bridgehead atoms. The van der Waals surface area contributed by atoms with Crippen molar-refractivity contribution in [1.82, 2.24) is 0 Å². The van der Waals surface area contributed by atoms with Crippen molar-refractivity contribution in [1.29, 1.82) is 0 Å². The van der Waals surface area contributed by atoms with E-state index in [4.69, 9.17) is 28.1 Å². The second-order valence-electron chi connectivity index (χ2n) is 0.565. The molecule has 0 atom stereocenters. The first-order valence-electron chi connectivity index (χ1n) is 1.30. The predicted octanol–water partition coefficient (Wildman–Crippen LogP) is -4.41. The maximum absolute atomic E-state index is 8.74. The fourth-order valence-electron chi connectivity index (χ4n) is 0. The molecule has 0 amide bonds. The largest absolute Gasteiger partial charge is 0.761 e. The molecule has 0 spiro atoms. The Hall–Kier alpha value is -0.234. The maximum Gasteiger partial charge on any atom is 0.761 e. The lowest BCUT2D eigenvalue weighted by atomic mass is 15.8. The van der Waals surface area contributed by atoms with Crippen LogP contribution in [-0.4, -0.2) is 54.9 Å². The van der Waals surface area contributed by atoms with E-state index in [1.54, 1.807) is 0 Å². The summed E-state index contributed by atoms with van der Waals surface area (Å²) in [5.74, 6) is 0. The van der Waals surface area contributed by atoms with Gasteiger partial charge in [-0.2, -0.15) is 0 Å². The molecule has 6 nitrogen and oxygen atoms in total. The SMILES string of the molecule is O=[Si](O)O.O=[Si](O)O.[AlH3]. The summed E-state index contributed by atoms with van der Waals surface area (Å²) in [5.41, 5.74) is 0. The summed E-state index contributed by atoms with van der Waals surface area (Å²) < 4.78 is 17.5. The van der Waals surface area contributed by atoms with E-state index in [1.165, 1.54) is 0 Å². The average Bonchev–Trinajstić information content (AvgIpc) is 1.25. The second kappa shape index (κ2) is 10.7. The predicted molar refractivity (Wildman–Crippen MR) is 31.7 cm³/mol. The van der Waals surface area contributed by atoms with Gasteiger partial charge in [-0.25, -0.2) is 0 Å². The summed E-state index contributed by atoms with van der Waals surface area (Å²) in [5, 5.41) is 0. The molecule has 0 unspecified atom stereocenters. The summed E-state index contributed by atoms with van der Waals surface area (Å²) in [4.78, 5) is 28.6. The van der Waals surface area contributed by atoms with E-state index in [2.05, 4.69) is 0 Å². The van der Waals surface area contributed by atoms with Crippen LogP contribution in [0.25, 0.3) is 0 Å². The molecule has 9 heavy (non-hydrogen) atoms. The fraction of sp³-hybridized carbons (Fsp3) is 0. The molecule has 0 aromatic rings.